The highest BCUT2D eigenvalue weighted by atomic mass is 16.5. The van der Waals surface area contributed by atoms with Crippen LogP contribution < -0.4 is 10.1 Å². The first-order chi connectivity index (χ1) is 13.7. The van der Waals surface area contributed by atoms with Crippen LogP contribution in [0, 0.1) is 0 Å². The third-order valence-corrected chi connectivity index (χ3v) is 5.24. The molecule has 1 aliphatic rings. The number of benzene rings is 2. The van der Waals surface area contributed by atoms with Crippen LogP contribution in [0.2, 0.25) is 0 Å². The van der Waals surface area contributed by atoms with Crippen molar-refractivity contribution in [3.63, 3.8) is 0 Å². The van der Waals surface area contributed by atoms with Gasteiger partial charge in [0, 0.05) is 18.7 Å². The fourth-order valence-electron chi connectivity index (χ4n) is 3.66. The first kappa shape index (κ1) is 20.2. The molecule has 1 fully saturated rings. The van der Waals surface area contributed by atoms with Gasteiger partial charge in [0.25, 0.3) is 5.91 Å². The highest BCUT2D eigenvalue weighted by molar-refractivity contribution is 5.94. The predicted octanol–water partition coefficient (Wildman–Crippen LogP) is 4.34. The van der Waals surface area contributed by atoms with Crippen molar-refractivity contribution in [2.45, 2.75) is 38.8 Å². The summed E-state index contributed by atoms with van der Waals surface area (Å²) >= 11 is 0. The zero-order valence-corrected chi connectivity index (χ0v) is 16.7. The summed E-state index contributed by atoms with van der Waals surface area (Å²) < 4.78 is 5.34. The third kappa shape index (κ3) is 5.46. The Morgan fingerprint density at radius 1 is 1.11 bits per heavy atom. The van der Waals surface area contributed by atoms with E-state index < -0.39 is 0 Å². The van der Waals surface area contributed by atoms with E-state index in [-0.39, 0.29) is 5.91 Å². The van der Waals surface area contributed by atoms with Crippen LogP contribution in [-0.2, 0) is 19.5 Å². The molecule has 2 aromatic carbocycles. The molecule has 28 heavy (non-hydrogen) atoms. The summed E-state index contributed by atoms with van der Waals surface area (Å²) in [5.74, 6) is 0.700. The molecule has 148 valence electrons. The predicted molar refractivity (Wildman–Crippen MR) is 114 cm³/mol. The number of piperidine rings is 1. The molecule has 0 saturated carbocycles. The number of ether oxygens (including phenoxy) is 1. The number of hydrogen-bond donors (Lipinski definition) is 1. The summed E-state index contributed by atoms with van der Waals surface area (Å²) in [4.78, 5) is 15.0. The van der Waals surface area contributed by atoms with Gasteiger partial charge in [-0.2, -0.15) is 0 Å². The number of nitrogens with one attached hydrogen (secondary N) is 1. The van der Waals surface area contributed by atoms with Gasteiger partial charge in [0.15, 0.2) is 0 Å². The molecule has 0 aromatic heterocycles. The van der Waals surface area contributed by atoms with Gasteiger partial charge in [-0.25, -0.2) is 0 Å². The van der Waals surface area contributed by atoms with Crippen molar-refractivity contribution in [3.8, 4) is 5.75 Å². The van der Waals surface area contributed by atoms with Crippen LogP contribution in [-0.4, -0.2) is 31.0 Å². The van der Waals surface area contributed by atoms with E-state index in [1.807, 2.05) is 18.2 Å². The van der Waals surface area contributed by atoms with Gasteiger partial charge in [-0.05, 0) is 67.2 Å². The number of amides is 1. The maximum atomic E-state index is 12.5. The number of methoxy groups -OCH3 is 1. The van der Waals surface area contributed by atoms with Crippen LogP contribution in [0.5, 0.6) is 5.75 Å². The van der Waals surface area contributed by atoms with Gasteiger partial charge in [0.05, 0.1) is 7.11 Å². The van der Waals surface area contributed by atoms with Crippen LogP contribution in [0.25, 0.3) is 0 Å². The molecule has 0 bridgehead atoms. The minimum absolute atomic E-state index is 0.0784. The molecular weight excluding hydrogens is 348 g/mol. The normalized spacial score (nSPS) is 14.5. The molecule has 0 aliphatic carbocycles. The van der Waals surface area contributed by atoms with Gasteiger partial charge in [0.1, 0.15) is 5.75 Å². The second-order valence-corrected chi connectivity index (χ2v) is 7.36. The van der Waals surface area contributed by atoms with Crippen LogP contribution in [0.1, 0.15) is 46.3 Å². The molecule has 4 heteroatoms. The maximum absolute atomic E-state index is 12.5. The highest BCUT2D eigenvalue weighted by Gasteiger charge is 2.11. The lowest BCUT2D eigenvalue weighted by molar-refractivity contribution is 0.0951. The first-order valence-corrected chi connectivity index (χ1v) is 10.1. The molecule has 1 N–H and O–H groups in total. The van der Waals surface area contributed by atoms with Crippen molar-refractivity contribution < 1.29 is 9.53 Å². The smallest absolute Gasteiger partial charge is 0.251 e. The number of rotatable bonds is 8. The Labute approximate surface area is 168 Å². The van der Waals surface area contributed by atoms with Crippen molar-refractivity contribution >= 4 is 5.91 Å². The molecule has 1 amide bonds. The zero-order chi connectivity index (χ0) is 19.8. The monoisotopic (exact) mass is 378 g/mol. The average molecular weight is 379 g/mol. The molecule has 1 heterocycles. The number of carbonyl (C=O) groups excluding carboxylic acids is 1. The summed E-state index contributed by atoms with van der Waals surface area (Å²) in [5, 5.41) is 3.01. The lowest BCUT2D eigenvalue weighted by Gasteiger charge is -2.26. The molecule has 0 spiro atoms. The minimum atomic E-state index is -0.0784. The zero-order valence-electron chi connectivity index (χ0n) is 16.7. The number of likely N-dealkylation sites (tertiary alicyclic amines) is 1. The summed E-state index contributed by atoms with van der Waals surface area (Å²) in [6, 6.07) is 14.1. The summed E-state index contributed by atoms with van der Waals surface area (Å²) in [6.45, 7) is 7.71. The third-order valence-electron chi connectivity index (χ3n) is 5.24. The Hall–Kier alpha value is -2.59. The number of allylic oxidation sites excluding steroid dienone is 1. The van der Waals surface area contributed by atoms with Gasteiger partial charge in [0.2, 0.25) is 0 Å². The van der Waals surface area contributed by atoms with Crippen LogP contribution in [0.4, 0.5) is 0 Å². The van der Waals surface area contributed by atoms with E-state index in [1.54, 1.807) is 13.2 Å². The number of hydrogen-bond acceptors (Lipinski definition) is 3. The topological polar surface area (TPSA) is 41.6 Å². The molecule has 0 atom stereocenters. The Morgan fingerprint density at radius 3 is 2.50 bits per heavy atom. The van der Waals surface area contributed by atoms with Gasteiger partial charge >= 0.3 is 0 Å². The van der Waals surface area contributed by atoms with E-state index in [2.05, 4.69) is 41.1 Å². The SMILES string of the molecule is C=CCc1cc(C(=O)NCc2ccc(CN3CCCCC3)cc2)ccc1OC. The Morgan fingerprint density at radius 2 is 1.82 bits per heavy atom. The second kappa shape index (κ2) is 10.1. The number of carbonyl (C=O) groups is 1. The van der Waals surface area contributed by atoms with Gasteiger partial charge in [-0.1, -0.05) is 36.8 Å². The Bertz CT molecular complexity index is 793. The van der Waals surface area contributed by atoms with Gasteiger partial charge in [-0.15, -0.1) is 6.58 Å². The van der Waals surface area contributed by atoms with Crippen molar-refractivity contribution in [2.75, 3.05) is 20.2 Å². The lowest BCUT2D eigenvalue weighted by atomic mass is 10.1. The quantitative estimate of drug-likeness (QED) is 0.695. The molecule has 0 unspecified atom stereocenters. The summed E-state index contributed by atoms with van der Waals surface area (Å²) in [6.07, 6.45) is 6.46. The average Bonchev–Trinajstić information content (AvgIpc) is 2.74. The van der Waals surface area contributed by atoms with E-state index >= 15 is 0 Å². The minimum Gasteiger partial charge on any atom is -0.496 e. The van der Waals surface area contributed by atoms with Gasteiger partial charge < -0.3 is 10.1 Å². The molecule has 1 saturated heterocycles. The maximum Gasteiger partial charge on any atom is 0.251 e. The van der Waals surface area contributed by atoms with Crippen LogP contribution in [0.15, 0.2) is 55.1 Å². The van der Waals surface area contributed by atoms with E-state index in [4.69, 9.17) is 4.74 Å². The van der Waals surface area contributed by atoms with Crippen molar-refractivity contribution in [1.29, 1.82) is 0 Å². The summed E-state index contributed by atoms with van der Waals surface area (Å²) in [5.41, 5.74) is 4.04. The van der Waals surface area contributed by atoms with E-state index in [1.165, 1.54) is 37.9 Å². The Balaban J connectivity index is 1.55. The molecular formula is C24H30N2O2. The number of nitrogens with zero attached hydrogens (tertiary/aromatic N) is 1. The molecule has 0 radical (unpaired) electrons. The fourth-order valence-corrected chi connectivity index (χ4v) is 3.66. The standard InChI is InChI=1S/C24H30N2O2/c1-3-7-21-16-22(12-13-23(21)28-2)24(27)25-17-19-8-10-20(11-9-19)18-26-14-5-4-6-15-26/h3,8-13,16H,1,4-7,14-15,17-18H2,2H3,(H,25,27). The molecule has 2 aromatic rings. The molecule has 3 rings (SSSR count). The molecule has 1 aliphatic heterocycles. The van der Waals surface area contributed by atoms with Crippen molar-refractivity contribution in [2.24, 2.45) is 0 Å². The first-order valence-electron chi connectivity index (χ1n) is 10.1. The van der Waals surface area contributed by atoms with Crippen molar-refractivity contribution in [3.05, 3.63) is 77.4 Å². The van der Waals surface area contributed by atoms with Gasteiger partial charge in [-0.3, -0.25) is 9.69 Å². The van der Waals surface area contributed by atoms with E-state index in [9.17, 15) is 4.79 Å². The fraction of sp³-hybridized carbons (Fsp3) is 0.375. The van der Waals surface area contributed by atoms with Crippen molar-refractivity contribution in [1.82, 2.24) is 10.2 Å². The van der Waals surface area contributed by atoms with Crippen LogP contribution >= 0.6 is 0 Å². The van der Waals surface area contributed by atoms with E-state index in [0.717, 1.165) is 23.4 Å². The second-order valence-electron chi connectivity index (χ2n) is 7.36. The Kier molecular flexibility index (Phi) is 7.26. The van der Waals surface area contributed by atoms with Crippen LogP contribution in [0.3, 0.4) is 0 Å². The summed E-state index contributed by atoms with van der Waals surface area (Å²) in [7, 11) is 1.64. The van der Waals surface area contributed by atoms with E-state index in [0.29, 0.717) is 18.5 Å². The highest BCUT2D eigenvalue weighted by Crippen LogP contribution is 2.21. The largest absolute Gasteiger partial charge is 0.496 e. The lowest BCUT2D eigenvalue weighted by Crippen LogP contribution is -2.29. The molecule has 4 nitrogen and oxygen atoms in total.